The van der Waals surface area contributed by atoms with E-state index in [2.05, 4.69) is 13.8 Å². The molecule has 4 heteroatoms. The summed E-state index contributed by atoms with van der Waals surface area (Å²) in [6, 6.07) is 0. The van der Waals surface area contributed by atoms with E-state index >= 15 is 0 Å². The van der Waals surface area contributed by atoms with Gasteiger partial charge in [-0.05, 0) is 63.5 Å². The molecule has 0 radical (unpaired) electrons. The molecule has 0 aromatic rings. The second kappa shape index (κ2) is 16.1. The Morgan fingerprint density at radius 3 is 1.54 bits per heavy atom. The smallest absolute Gasteiger partial charge is 0.339 e. The first-order chi connectivity index (χ1) is 13.7. The van der Waals surface area contributed by atoms with Gasteiger partial charge >= 0.3 is 11.9 Å². The van der Waals surface area contributed by atoms with Gasteiger partial charge in [0, 0.05) is 11.1 Å². The van der Waals surface area contributed by atoms with Crippen LogP contribution in [0, 0.1) is 0 Å². The van der Waals surface area contributed by atoms with Gasteiger partial charge in [0.1, 0.15) is 0 Å². The van der Waals surface area contributed by atoms with E-state index in [-0.39, 0.29) is 0 Å². The fourth-order valence-corrected chi connectivity index (χ4v) is 3.23. The summed E-state index contributed by atoms with van der Waals surface area (Å²) in [5.74, 6) is -0.833. The Labute approximate surface area is 171 Å². The van der Waals surface area contributed by atoms with Crippen LogP contribution in [0.25, 0.3) is 0 Å². The molecule has 4 nitrogen and oxygen atoms in total. The van der Waals surface area contributed by atoms with Gasteiger partial charge in [-0.3, -0.25) is 0 Å². The van der Waals surface area contributed by atoms with Crippen molar-refractivity contribution in [3.63, 3.8) is 0 Å². The van der Waals surface area contributed by atoms with Gasteiger partial charge in [0.05, 0.1) is 12.5 Å². The monoisotopic (exact) mass is 390 g/mol. The van der Waals surface area contributed by atoms with Gasteiger partial charge in [-0.25, -0.2) is 9.59 Å². The lowest BCUT2D eigenvalue weighted by atomic mass is 9.92. The molecular formula is C24H38O4. The predicted octanol–water partition coefficient (Wildman–Crippen LogP) is 6.91. The largest absolute Gasteiger partial charge is 0.431 e. The summed E-state index contributed by atoms with van der Waals surface area (Å²) in [5, 5.41) is 0. The van der Waals surface area contributed by atoms with E-state index in [1.54, 1.807) is 0 Å². The van der Waals surface area contributed by atoms with Crippen molar-refractivity contribution in [3.05, 3.63) is 35.8 Å². The van der Waals surface area contributed by atoms with Crippen LogP contribution in [-0.2, 0) is 19.1 Å². The molecule has 0 heterocycles. The zero-order valence-corrected chi connectivity index (χ0v) is 17.8. The number of hydrogen-bond acceptors (Lipinski definition) is 4. The van der Waals surface area contributed by atoms with E-state index in [9.17, 15) is 9.59 Å². The number of unbranched alkanes of at least 4 members (excludes halogenated alkanes) is 8. The SMILES string of the molecule is CCCCCC/C=C/OC(=O)C1=C(C(=O)O/C=C/CCCCCC)CCCC1. The molecule has 0 aromatic carbocycles. The molecule has 0 spiro atoms. The quantitative estimate of drug-likeness (QED) is 0.184. The zero-order valence-electron chi connectivity index (χ0n) is 17.8. The molecule has 0 aliphatic heterocycles. The van der Waals surface area contributed by atoms with Crippen LogP contribution in [0.15, 0.2) is 35.8 Å². The topological polar surface area (TPSA) is 52.6 Å². The van der Waals surface area contributed by atoms with E-state index in [4.69, 9.17) is 9.47 Å². The summed E-state index contributed by atoms with van der Waals surface area (Å²) in [7, 11) is 0. The van der Waals surface area contributed by atoms with Crippen LogP contribution < -0.4 is 0 Å². The maximum Gasteiger partial charge on any atom is 0.339 e. The van der Waals surface area contributed by atoms with Crippen LogP contribution in [0.5, 0.6) is 0 Å². The highest BCUT2D eigenvalue weighted by Crippen LogP contribution is 2.27. The number of hydrogen-bond donors (Lipinski definition) is 0. The molecule has 0 unspecified atom stereocenters. The van der Waals surface area contributed by atoms with E-state index in [0.717, 1.165) is 38.5 Å². The van der Waals surface area contributed by atoms with E-state index in [1.807, 2.05) is 12.2 Å². The Kier molecular flexibility index (Phi) is 14.0. The third kappa shape index (κ3) is 10.5. The van der Waals surface area contributed by atoms with E-state index in [0.29, 0.717) is 24.0 Å². The number of carbonyl (C=O) groups excluding carboxylic acids is 2. The van der Waals surface area contributed by atoms with Crippen LogP contribution >= 0.6 is 0 Å². The van der Waals surface area contributed by atoms with Crippen LogP contribution in [0.3, 0.4) is 0 Å². The highest BCUT2D eigenvalue weighted by Gasteiger charge is 2.25. The second-order valence-electron chi connectivity index (χ2n) is 7.42. The highest BCUT2D eigenvalue weighted by molar-refractivity contribution is 6.01. The number of esters is 2. The normalized spacial score (nSPS) is 14.8. The van der Waals surface area contributed by atoms with Gasteiger partial charge in [0.25, 0.3) is 0 Å². The molecule has 158 valence electrons. The first kappa shape index (κ1) is 24.2. The molecule has 0 saturated heterocycles. The van der Waals surface area contributed by atoms with Crippen molar-refractivity contribution in [2.45, 2.75) is 104 Å². The van der Waals surface area contributed by atoms with Crippen LogP contribution in [0.1, 0.15) is 104 Å². The number of carbonyl (C=O) groups is 2. The molecule has 0 saturated carbocycles. The average molecular weight is 391 g/mol. The van der Waals surface area contributed by atoms with Crippen molar-refractivity contribution >= 4 is 11.9 Å². The minimum atomic E-state index is -0.417. The van der Waals surface area contributed by atoms with Crippen molar-refractivity contribution in [2.75, 3.05) is 0 Å². The molecular weight excluding hydrogens is 352 g/mol. The predicted molar refractivity (Wildman–Crippen MR) is 113 cm³/mol. The zero-order chi connectivity index (χ0) is 20.5. The minimum Gasteiger partial charge on any atom is -0.431 e. The van der Waals surface area contributed by atoms with Crippen molar-refractivity contribution < 1.29 is 19.1 Å². The number of allylic oxidation sites excluding steroid dienone is 2. The molecule has 0 bridgehead atoms. The van der Waals surface area contributed by atoms with Crippen LogP contribution in [0.2, 0.25) is 0 Å². The van der Waals surface area contributed by atoms with Crippen molar-refractivity contribution in [3.8, 4) is 0 Å². The van der Waals surface area contributed by atoms with Crippen molar-refractivity contribution in [1.82, 2.24) is 0 Å². The lowest BCUT2D eigenvalue weighted by Crippen LogP contribution is -2.17. The maximum atomic E-state index is 12.4. The van der Waals surface area contributed by atoms with Gasteiger partial charge in [-0.1, -0.05) is 52.4 Å². The summed E-state index contributed by atoms with van der Waals surface area (Å²) in [6.45, 7) is 4.36. The minimum absolute atomic E-state index is 0.417. The molecule has 1 aliphatic rings. The molecule has 0 amide bonds. The van der Waals surface area contributed by atoms with Gasteiger partial charge in [-0.15, -0.1) is 0 Å². The molecule has 0 aromatic heterocycles. The number of rotatable bonds is 14. The van der Waals surface area contributed by atoms with E-state index < -0.39 is 11.9 Å². The molecule has 28 heavy (non-hydrogen) atoms. The maximum absolute atomic E-state index is 12.4. The fourth-order valence-electron chi connectivity index (χ4n) is 3.23. The average Bonchev–Trinajstić information content (AvgIpc) is 2.72. The fraction of sp³-hybridized carbons (Fsp3) is 0.667. The molecule has 0 fully saturated rings. The first-order valence-electron chi connectivity index (χ1n) is 11.1. The summed E-state index contributed by atoms with van der Waals surface area (Å²) in [6.07, 6.45) is 21.0. The van der Waals surface area contributed by atoms with Crippen molar-refractivity contribution in [2.24, 2.45) is 0 Å². The van der Waals surface area contributed by atoms with Gasteiger partial charge < -0.3 is 9.47 Å². The first-order valence-corrected chi connectivity index (χ1v) is 11.1. The third-order valence-corrected chi connectivity index (χ3v) is 4.95. The molecule has 1 aliphatic carbocycles. The van der Waals surface area contributed by atoms with Gasteiger partial charge in [0.15, 0.2) is 0 Å². The standard InChI is InChI=1S/C24H38O4/c1-3-5-7-9-11-15-19-27-23(25)21-17-13-14-18-22(21)24(26)28-20-16-12-10-8-6-4-2/h15-16,19-20H,3-14,17-18H2,1-2H3/b19-15+,20-16+. The Bertz CT molecular complexity index is 495. The Morgan fingerprint density at radius 2 is 1.14 bits per heavy atom. The lowest BCUT2D eigenvalue weighted by molar-refractivity contribution is -0.137. The Balaban J connectivity index is 2.47. The van der Waals surface area contributed by atoms with Gasteiger partial charge in [-0.2, -0.15) is 0 Å². The Hall–Kier alpha value is -1.84. The summed E-state index contributed by atoms with van der Waals surface area (Å²) >= 11 is 0. The van der Waals surface area contributed by atoms with Gasteiger partial charge in [0.2, 0.25) is 0 Å². The molecule has 1 rings (SSSR count). The second-order valence-corrected chi connectivity index (χ2v) is 7.42. The molecule has 0 atom stereocenters. The summed E-state index contributed by atoms with van der Waals surface area (Å²) < 4.78 is 10.5. The van der Waals surface area contributed by atoms with Crippen LogP contribution in [0.4, 0.5) is 0 Å². The molecule has 0 N–H and O–H groups in total. The summed E-state index contributed by atoms with van der Waals surface area (Å²) in [5.41, 5.74) is 0.950. The highest BCUT2D eigenvalue weighted by atomic mass is 16.5. The Morgan fingerprint density at radius 1 is 0.714 bits per heavy atom. The summed E-state index contributed by atoms with van der Waals surface area (Å²) in [4.78, 5) is 24.7. The van der Waals surface area contributed by atoms with E-state index in [1.165, 1.54) is 51.0 Å². The third-order valence-electron chi connectivity index (χ3n) is 4.95. The van der Waals surface area contributed by atoms with Crippen molar-refractivity contribution in [1.29, 1.82) is 0 Å². The lowest BCUT2D eigenvalue weighted by Gasteiger charge is -2.16. The number of ether oxygens (including phenoxy) is 2. The van der Waals surface area contributed by atoms with Crippen LogP contribution in [-0.4, -0.2) is 11.9 Å².